The van der Waals surface area contributed by atoms with Crippen LogP contribution in [0.25, 0.3) is 0 Å². The molecule has 0 aliphatic rings. The van der Waals surface area contributed by atoms with Crippen LogP contribution in [-0.4, -0.2) is 42.8 Å². The molecular formula is C10H17N3O3. The molecule has 16 heavy (non-hydrogen) atoms. The maximum atomic E-state index is 11.7. The van der Waals surface area contributed by atoms with Crippen LogP contribution in [0.1, 0.15) is 11.5 Å². The second-order valence-corrected chi connectivity index (χ2v) is 3.69. The van der Waals surface area contributed by atoms with Gasteiger partial charge in [-0.1, -0.05) is 5.16 Å². The molecule has 0 saturated heterocycles. The molecule has 0 aliphatic heterocycles. The van der Waals surface area contributed by atoms with Crippen molar-refractivity contribution in [1.29, 1.82) is 0 Å². The van der Waals surface area contributed by atoms with Gasteiger partial charge in [-0.15, -0.1) is 0 Å². The van der Waals surface area contributed by atoms with Crippen molar-refractivity contribution in [2.75, 3.05) is 20.8 Å². The van der Waals surface area contributed by atoms with E-state index in [2.05, 4.69) is 5.16 Å². The molecule has 1 unspecified atom stereocenters. The third-order valence-electron chi connectivity index (χ3n) is 2.12. The zero-order chi connectivity index (χ0) is 12.1. The Hall–Kier alpha value is -1.40. The zero-order valence-electron chi connectivity index (χ0n) is 9.77. The topological polar surface area (TPSA) is 81.6 Å². The van der Waals surface area contributed by atoms with Crippen molar-refractivity contribution in [3.05, 3.63) is 17.5 Å². The highest BCUT2D eigenvalue weighted by molar-refractivity contribution is 5.81. The monoisotopic (exact) mass is 227 g/mol. The predicted molar refractivity (Wildman–Crippen MR) is 57.6 cm³/mol. The van der Waals surface area contributed by atoms with Crippen molar-refractivity contribution >= 4 is 5.91 Å². The number of likely N-dealkylation sites (N-methyl/N-ethyl adjacent to an activating group) is 1. The predicted octanol–water partition coefficient (Wildman–Crippen LogP) is -0.0849. The van der Waals surface area contributed by atoms with Crippen molar-refractivity contribution in [2.24, 2.45) is 5.73 Å². The third-order valence-corrected chi connectivity index (χ3v) is 2.12. The van der Waals surface area contributed by atoms with Gasteiger partial charge in [0, 0.05) is 20.2 Å². The SMILES string of the molecule is COCC(N)C(=O)N(C)Cc1cc(C)on1. The lowest BCUT2D eigenvalue weighted by atomic mass is 10.2. The van der Waals surface area contributed by atoms with Crippen LogP contribution >= 0.6 is 0 Å². The molecular weight excluding hydrogens is 210 g/mol. The molecule has 0 radical (unpaired) electrons. The summed E-state index contributed by atoms with van der Waals surface area (Å²) in [6.07, 6.45) is 0. The van der Waals surface area contributed by atoms with Gasteiger partial charge in [-0.3, -0.25) is 4.79 Å². The Labute approximate surface area is 94.3 Å². The molecule has 90 valence electrons. The van der Waals surface area contributed by atoms with Crippen molar-refractivity contribution in [3.8, 4) is 0 Å². The number of hydrogen-bond donors (Lipinski definition) is 1. The number of nitrogens with zero attached hydrogens (tertiary/aromatic N) is 2. The van der Waals surface area contributed by atoms with E-state index in [0.29, 0.717) is 12.2 Å². The van der Waals surface area contributed by atoms with Gasteiger partial charge >= 0.3 is 0 Å². The first-order valence-corrected chi connectivity index (χ1v) is 4.96. The van der Waals surface area contributed by atoms with E-state index in [0.717, 1.165) is 5.76 Å². The van der Waals surface area contributed by atoms with Gasteiger partial charge in [0.2, 0.25) is 5.91 Å². The number of carbonyl (C=O) groups excluding carboxylic acids is 1. The highest BCUT2D eigenvalue weighted by Gasteiger charge is 2.18. The molecule has 1 amide bonds. The van der Waals surface area contributed by atoms with Crippen LogP contribution in [0.3, 0.4) is 0 Å². The molecule has 1 atom stereocenters. The number of ether oxygens (including phenoxy) is 1. The summed E-state index contributed by atoms with van der Waals surface area (Å²) in [7, 11) is 3.18. The lowest BCUT2D eigenvalue weighted by molar-refractivity contribution is -0.133. The van der Waals surface area contributed by atoms with E-state index in [9.17, 15) is 4.79 Å². The molecule has 1 heterocycles. The van der Waals surface area contributed by atoms with Crippen LogP contribution < -0.4 is 5.73 Å². The van der Waals surface area contributed by atoms with E-state index in [4.69, 9.17) is 15.0 Å². The van der Waals surface area contributed by atoms with Crippen LogP contribution in [0.2, 0.25) is 0 Å². The van der Waals surface area contributed by atoms with Crippen LogP contribution in [0.5, 0.6) is 0 Å². The second kappa shape index (κ2) is 5.62. The molecule has 0 fully saturated rings. The van der Waals surface area contributed by atoms with Gasteiger partial charge in [0.25, 0.3) is 0 Å². The summed E-state index contributed by atoms with van der Waals surface area (Å²) in [6.45, 7) is 2.39. The van der Waals surface area contributed by atoms with Gasteiger partial charge in [0.1, 0.15) is 17.5 Å². The Morgan fingerprint density at radius 1 is 1.75 bits per heavy atom. The van der Waals surface area contributed by atoms with Crippen LogP contribution in [-0.2, 0) is 16.1 Å². The number of hydrogen-bond acceptors (Lipinski definition) is 5. The molecule has 6 nitrogen and oxygen atoms in total. The summed E-state index contributed by atoms with van der Waals surface area (Å²) in [5, 5.41) is 3.80. The Balaban J connectivity index is 2.51. The number of rotatable bonds is 5. The van der Waals surface area contributed by atoms with E-state index < -0.39 is 6.04 Å². The first-order chi connectivity index (χ1) is 7.54. The van der Waals surface area contributed by atoms with Crippen molar-refractivity contribution in [3.63, 3.8) is 0 Å². The molecule has 0 saturated carbocycles. The fraction of sp³-hybridized carbons (Fsp3) is 0.600. The van der Waals surface area contributed by atoms with Crippen LogP contribution in [0, 0.1) is 6.92 Å². The molecule has 1 aromatic heterocycles. The molecule has 2 N–H and O–H groups in total. The molecule has 1 aromatic rings. The Kier molecular flexibility index (Phi) is 4.45. The average molecular weight is 227 g/mol. The van der Waals surface area contributed by atoms with Gasteiger partial charge < -0.3 is 19.9 Å². The van der Waals surface area contributed by atoms with Crippen molar-refractivity contribution in [2.45, 2.75) is 19.5 Å². The lowest BCUT2D eigenvalue weighted by Gasteiger charge is -2.19. The van der Waals surface area contributed by atoms with Crippen molar-refractivity contribution < 1.29 is 14.1 Å². The average Bonchev–Trinajstić information content (AvgIpc) is 2.63. The van der Waals surface area contributed by atoms with Gasteiger partial charge in [-0.25, -0.2) is 0 Å². The smallest absolute Gasteiger partial charge is 0.241 e. The fourth-order valence-electron chi connectivity index (χ4n) is 1.35. The van der Waals surface area contributed by atoms with Crippen LogP contribution in [0.15, 0.2) is 10.6 Å². The minimum Gasteiger partial charge on any atom is -0.383 e. The summed E-state index contributed by atoms with van der Waals surface area (Å²) in [6, 6.07) is 1.15. The lowest BCUT2D eigenvalue weighted by Crippen LogP contribution is -2.44. The van der Waals surface area contributed by atoms with Crippen molar-refractivity contribution in [1.82, 2.24) is 10.1 Å². The maximum Gasteiger partial charge on any atom is 0.241 e. The van der Waals surface area contributed by atoms with Gasteiger partial charge in [-0.05, 0) is 6.92 Å². The number of carbonyl (C=O) groups is 1. The van der Waals surface area contributed by atoms with E-state index in [-0.39, 0.29) is 12.5 Å². The number of methoxy groups -OCH3 is 1. The quantitative estimate of drug-likeness (QED) is 0.760. The van der Waals surface area contributed by atoms with Gasteiger partial charge in [0.05, 0.1) is 13.2 Å². The summed E-state index contributed by atoms with van der Waals surface area (Å²) < 4.78 is 9.73. The molecule has 0 spiro atoms. The number of aryl methyl sites for hydroxylation is 1. The Morgan fingerprint density at radius 2 is 2.44 bits per heavy atom. The highest BCUT2D eigenvalue weighted by Crippen LogP contribution is 2.05. The maximum absolute atomic E-state index is 11.7. The number of amides is 1. The van der Waals surface area contributed by atoms with E-state index in [1.165, 1.54) is 12.0 Å². The first kappa shape index (κ1) is 12.7. The highest BCUT2D eigenvalue weighted by atomic mass is 16.5. The Bertz CT molecular complexity index is 351. The second-order valence-electron chi connectivity index (χ2n) is 3.69. The molecule has 0 aromatic carbocycles. The van der Waals surface area contributed by atoms with Gasteiger partial charge in [-0.2, -0.15) is 0 Å². The summed E-state index contributed by atoms with van der Waals surface area (Å²) in [5.74, 6) is 0.541. The summed E-state index contributed by atoms with van der Waals surface area (Å²) >= 11 is 0. The zero-order valence-corrected chi connectivity index (χ0v) is 9.77. The van der Waals surface area contributed by atoms with Crippen LogP contribution in [0.4, 0.5) is 0 Å². The van der Waals surface area contributed by atoms with Gasteiger partial charge in [0.15, 0.2) is 0 Å². The fourth-order valence-corrected chi connectivity index (χ4v) is 1.35. The normalized spacial score (nSPS) is 12.5. The first-order valence-electron chi connectivity index (χ1n) is 4.96. The summed E-state index contributed by atoms with van der Waals surface area (Å²) in [4.78, 5) is 13.2. The largest absolute Gasteiger partial charge is 0.383 e. The standard InChI is InChI=1S/C10H17N3O3/c1-7-4-8(12-16-7)5-13(2)10(14)9(11)6-15-3/h4,9H,5-6,11H2,1-3H3. The molecule has 0 aliphatic carbocycles. The molecule has 0 bridgehead atoms. The number of nitrogens with two attached hydrogens (primary N) is 1. The third kappa shape index (κ3) is 3.32. The minimum absolute atomic E-state index is 0.178. The Morgan fingerprint density at radius 3 is 2.94 bits per heavy atom. The van der Waals surface area contributed by atoms with E-state index in [1.54, 1.807) is 20.0 Å². The van der Waals surface area contributed by atoms with E-state index >= 15 is 0 Å². The van der Waals surface area contributed by atoms with E-state index in [1.807, 2.05) is 0 Å². The minimum atomic E-state index is -0.636. The summed E-state index contributed by atoms with van der Waals surface area (Å²) in [5.41, 5.74) is 6.33. The molecule has 6 heteroatoms. The molecule has 1 rings (SSSR count). The number of aromatic nitrogens is 1.